The van der Waals surface area contributed by atoms with Crippen LogP contribution in [0.2, 0.25) is 0 Å². The van der Waals surface area contributed by atoms with Crippen molar-refractivity contribution < 1.29 is 9.90 Å². The van der Waals surface area contributed by atoms with Crippen molar-refractivity contribution in [1.82, 2.24) is 4.57 Å². The highest BCUT2D eigenvalue weighted by Crippen LogP contribution is 2.33. The Kier molecular flexibility index (Phi) is 3.48. The van der Waals surface area contributed by atoms with E-state index in [1.54, 1.807) is 18.0 Å². The third-order valence-electron chi connectivity index (χ3n) is 3.03. The zero-order valence-electron chi connectivity index (χ0n) is 10.6. The first-order chi connectivity index (χ1) is 8.56. The molecule has 94 valence electrons. The van der Waals surface area contributed by atoms with Crippen LogP contribution in [0.1, 0.15) is 15.9 Å². The first-order valence-corrected chi connectivity index (χ1v) is 6.81. The number of carboxylic acid groups (broad SMARTS) is 1. The minimum absolute atomic E-state index is 0.364. The Morgan fingerprint density at radius 2 is 2.00 bits per heavy atom. The number of aromatic nitrogens is 1. The number of thioether (sulfide) groups is 1. The standard InChI is InChI=1S/C14H15NO2S/c1-9-11(14(16)17)8-15(2)13(9)10-6-4-5-7-12(10)18-3/h4-8H,1-3H3,(H,16,17). The molecule has 0 aliphatic carbocycles. The number of benzene rings is 1. The van der Waals surface area contributed by atoms with Crippen molar-refractivity contribution in [1.29, 1.82) is 0 Å². The molecule has 3 nitrogen and oxygen atoms in total. The van der Waals surface area contributed by atoms with Gasteiger partial charge in [0.15, 0.2) is 0 Å². The maximum absolute atomic E-state index is 11.2. The monoisotopic (exact) mass is 261 g/mol. The van der Waals surface area contributed by atoms with Crippen LogP contribution in [0.5, 0.6) is 0 Å². The molecule has 0 fully saturated rings. The van der Waals surface area contributed by atoms with Crippen molar-refractivity contribution >= 4 is 17.7 Å². The van der Waals surface area contributed by atoms with Crippen LogP contribution in [-0.2, 0) is 7.05 Å². The molecule has 1 heterocycles. The lowest BCUT2D eigenvalue weighted by molar-refractivity contribution is 0.0696. The van der Waals surface area contributed by atoms with Gasteiger partial charge in [-0.25, -0.2) is 4.79 Å². The number of carbonyl (C=O) groups is 1. The summed E-state index contributed by atoms with van der Waals surface area (Å²) < 4.78 is 1.88. The van der Waals surface area contributed by atoms with E-state index in [1.165, 1.54) is 0 Å². The Bertz CT molecular complexity index is 602. The molecule has 1 aromatic heterocycles. The van der Waals surface area contributed by atoms with Gasteiger partial charge in [-0.05, 0) is 24.8 Å². The van der Waals surface area contributed by atoms with Gasteiger partial charge in [0.1, 0.15) is 0 Å². The number of rotatable bonds is 3. The summed E-state index contributed by atoms with van der Waals surface area (Å²) in [6.45, 7) is 1.86. The lowest BCUT2D eigenvalue weighted by Crippen LogP contribution is -1.96. The summed E-state index contributed by atoms with van der Waals surface area (Å²) in [5, 5.41) is 9.16. The van der Waals surface area contributed by atoms with E-state index in [0.717, 1.165) is 21.7 Å². The van der Waals surface area contributed by atoms with Gasteiger partial charge in [-0.15, -0.1) is 11.8 Å². The minimum Gasteiger partial charge on any atom is -0.478 e. The Labute approximate surface area is 110 Å². The summed E-state index contributed by atoms with van der Waals surface area (Å²) in [6, 6.07) is 8.04. The van der Waals surface area contributed by atoms with E-state index in [2.05, 4.69) is 0 Å². The van der Waals surface area contributed by atoms with Gasteiger partial charge in [0.2, 0.25) is 0 Å². The van der Waals surface area contributed by atoms with Gasteiger partial charge in [0.25, 0.3) is 0 Å². The summed E-state index contributed by atoms with van der Waals surface area (Å²) in [5.74, 6) is -0.879. The van der Waals surface area contributed by atoms with E-state index in [1.807, 2.05) is 49.1 Å². The van der Waals surface area contributed by atoms with E-state index in [9.17, 15) is 4.79 Å². The molecule has 4 heteroatoms. The molecule has 0 amide bonds. The lowest BCUT2D eigenvalue weighted by Gasteiger charge is -2.10. The van der Waals surface area contributed by atoms with Crippen LogP contribution in [0.4, 0.5) is 0 Å². The maximum Gasteiger partial charge on any atom is 0.337 e. The molecule has 0 aliphatic rings. The third kappa shape index (κ3) is 2.04. The molecule has 18 heavy (non-hydrogen) atoms. The van der Waals surface area contributed by atoms with Crippen molar-refractivity contribution in [3.05, 3.63) is 41.6 Å². The maximum atomic E-state index is 11.2. The second-order valence-corrected chi connectivity index (χ2v) is 4.98. The highest BCUT2D eigenvalue weighted by Gasteiger charge is 2.18. The summed E-state index contributed by atoms with van der Waals surface area (Å²) >= 11 is 1.66. The van der Waals surface area contributed by atoms with E-state index >= 15 is 0 Å². The molecule has 0 aliphatic heterocycles. The number of nitrogens with zero attached hydrogens (tertiary/aromatic N) is 1. The molecule has 0 radical (unpaired) electrons. The van der Waals surface area contributed by atoms with Gasteiger partial charge in [-0.2, -0.15) is 0 Å². The minimum atomic E-state index is -0.879. The molecule has 0 bridgehead atoms. The van der Waals surface area contributed by atoms with Crippen molar-refractivity contribution in [2.75, 3.05) is 6.26 Å². The average molecular weight is 261 g/mol. The fourth-order valence-corrected chi connectivity index (χ4v) is 2.79. The van der Waals surface area contributed by atoms with Crippen molar-refractivity contribution in [2.45, 2.75) is 11.8 Å². The molecule has 0 saturated carbocycles. The summed E-state index contributed by atoms with van der Waals surface area (Å²) in [5.41, 5.74) is 3.23. The predicted octanol–water partition coefficient (Wildman–Crippen LogP) is 3.42. The van der Waals surface area contributed by atoms with Gasteiger partial charge in [-0.1, -0.05) is 18.2 Å². The van der Waals surface area contributed by atoms with Crippen LogP contribution >= 0.6 is 11.8 Å². The van der Waals surface area contributed by atoms with Gasteiger partial charge in [-0.3, -0.25) is 0 Å². The van der Waals surface area contributed by atoms with Crippen LogP contribution in [0, 0.1) is 6.92 Å². The van der Waals surface area contributed by atoms with Crippen LogP contribution in [0.15, 0.2) is 35.4 Å². The quantitative estimate of drug-likeness (QED) is 0.861. The highest BCUT2D eigenvalue weighted by molar-refractivity contribution is 7.98. The normalized spacial score (nSPS) is 10.6. The number of hydrogen-bond donors (Lipinski definition) is 1. The van der Waals surface area contributed by atoms with Crippen molar-refractivity contribution in [3.63, 3.8) is 0 Å². The fraction of sp³-hybridized carbons (Fsp3) is 0.214. The summed E-state index contributed by atoms with van der Waals surface area (Å²) in [4.78, 5) is 12.3. The average Bonchev–Trinajstić information content (AvgIpc) is 2.65. The van der Waals surface area contributed by atoms with E-state index in [-0.39, 0.29) is 0 Å². The molecule has 2 rings (SSSR count). The topological polar surface area (TPSA) is 42.2 Å². The number of carboxylic acids is 1. The molecular weight excluding hydrogens is 246 g/mol. The first-order valence-electron chi connectivity index (χ1n) is 5.59. The number of hydrogen-bond acceptors (Lipinski definition) is 2. The van der Waals surface area contributed by atoms with E-state index < -0.39 is 5.97 Å². The van der Waals surface area contributed by atoms with Gasteiger partial charge in [0, 0.05) is 23.7 Å². The largest absolute Gasteiger partial charge is 0.478 e. The zero-order valence-corrected chi connectivity index (χ0v) is 11.4. The number of aryl methyl sites for hydroxylation is 1. The number of aromatic carboxylic acids is 1. The second-order valence-electron chi connectivity index (χ2n) is 4.13. The van der Waals surface area contributed by atoms with Crippen LogP contribution < -0.4 is 0 Å². The SMILES string of the molecule is CSc1ccccc1-c1c(C)c(C(=O)O)cn1C. The summed E-state index contributed by atoms with van der Waals surface area (Å²) in [7, 11) is 1.88. The molecule has 1 N–H and O–H groups in total. The third-order valence-corrected chi connectivity index (χ3v) is 3.82. The molecular formula is C14H15NO2S. The van der Waals surface area contributed by atoms with Gasteiger partial charge < -0.3 is 9.67 Å². The molecule has 0 spiro atoms. The highest BCUT2D eigenvalue weighted by atomic mass is 32.2. The van der Waals surface area contributed by atoms with Crippen LogP contribution in [0.25, 0.3) is 11.3 Å². The molecule has 1 aromatic carbocycles. The Morgan fingerprint density at radius 3 is 2.56 bits per heavy atom. The van der Waals surface area contributed by atoms with Crippen LogP contribution in [-0.4, -0.2) is 21.9 Å². The molecule has 0 saturated heterocycles. The van der Waals surface area contributed by atoms with Crippen molar-refractivity contribution in [2.24, 2.45) is 7.05 Å². The summed E-state index contributed by atoms with van der Waals surface area (Å²) in [6.07, 6.45) is 3.69. The lowest BCUT2D eigenvalue weighted by atomic mass is 10.1. The Balaban J connectivity index is 2.68. The first kappa shape index (κ1) is 12.8. The van der Waals surface area contributed by atoms with Crippen molar-refractivity contribution in [3.8, 4) is 11.3 Å². The van der Waals surface area contributed by atoms with Gasteiger partial charge >= 0.3 is 5.97 Å². The smallest absolute Gasteiger partial charge is 0.337 e. The molecule has 0 unspecified atom stereocenters. The Hall–Kier alpha value is -1.68. The molecule has 2 aromatic rings. The Morgan fingerprint density at radius 1 is 1.33 bits per heavy atom. The zero-order chi connectivity index (χ0) is 13.3. The second kappa shape index (κ2) is 4.90. The van der Waals surface area contributed by atoms with Crippen LogP contribution in [0.3, 0.4) is 0 Å². The van der Waals surface area contributed by atoms with E-state index in [4.69, 9.17) is 5.11 Å². The van der Waals surface area contributed by atoms with E-state index in [0.29, 0.717) is 5.56 Å². The predicted molar refractivity (Wildman–Crippen MR) is 74.3 cm³/mol. The fourth-order valence-electron chi connectivity index (χ4n) is 2.20. The van der Waals surface area contributed by atoms with Gasteiger partial charge in [0.05, 0.1) is 11.3 Å². The molecule has 0 atom stereocenters.